The van der Waals surface area contributed by atoms with E-state index >= 15 is 0 Å². The fraction of sp³-hybridized carbons (Fsp3) is 0.786. The summed E-state index contributed by atoms with van der Waals surface area (Å²) in [5.41, 5.74) is 2.73. The molecule has 0 saturated carbocycles. The summed E-state index contributed by atoms with van der Waals surface area (Å²) in [4.78, 5) is 2.42. The van der Waals surface area contributed by atoms with Gasteiger partial charge >= 0.3 is 0 Å². The zero-order valence-corrected chi connectivity index (χ0v) is 14.0. The smallest absolute Gasteiger partial charge is 0.0739 e. The molecule has 0 aliphatic carbocycles. The SMILES string of the molecule is Cc1nn(C)c(CNCC2(C)CCN(C)CC2)c1Br. The second-order valence-corrected chi connectivity index (χ2v) is 6.98. The van der Waals surface area contributed by atoms with Gasteiger partial charge in [0.05, 0.1) is 15.9 Å². The molecule has 0 unspecified atom stereocenters. The number of halogens is 1. The lowest BCUT2D eigenvalue weighted by Crippen LogP contribution is -2.42. The molecular formula is C14H25BrN4. The van der Waals surface area contributed by atoms with Crippen LogP contribution in [0.1, 0.15) is 31.2 Å². The van der Waals surface area contributed by atoms with Crippen molar-refractivity contribution in [2.45, 2.75) is 33.2 Å². The van der Waals surface area contributed by atoms with Crippen LogP contribution in [0.5, 0.6) is 0 Å². The van der Waals surface area contributed by atoms with Gasteiger partial charge in [0.2, 0.25) is 0 Å². The van der Waals surface area contributed by atoms with Crippen molar-refractivity contribution in [1.29, 1.82) is 0 Å². The van der Waals surface area contributed by atoms with Gasteiger partial charge in [0.15, 0.2) is 0 Å². The summed E-state index contributed by atoms with van der Waals surface area (Å²) in [6.07, 6.45) is 2.56. The third kappa shape index (κ3) is 3.58. The van der Waals surface area contributed by atoms with E-state index in [1.807, 2.05) is 18.7 Å². The number of hydrogen-bond donors (Lipinski definition) is 1. The number of nitrogens with one attached hydrogen (secondary N) is 1. The van der Waals surface area contributed by atoms with Crippen LogP contribution >= 0.6 is 15.9 Å². The van der Waals surface area contributed by atoms with Crippen LogP contribution in [0.25, 0.3) is 0 Å². The van der Waals surface area contributed by atoms with Crippen LogP contribution in [0.15, 0.2) is 4.47 Å². The topological polar surface area (TPSA) is 33.1 Å². The molecule has 2 heterocycles. The van der Waals surface area contributed by atoms with Crippen LogP contribution in [0, 0.1) is 12.3 Å². The van der Waals surface area contributed by atoms with E-state index in [2.05, 4.69) is 45.2 Å². The molecule has 1 aliphatic heterocycles. The summed E-state index contributed by atoms with van der Waals surface area (Å²) in [5, 5.41) is 8.04. The predicted molar refractivity (Wildman–Crippen MR) is 82.2 cm³/mol. The number of hydrogen-bond acceptors (Lipinski definition) is 3. The fourth-order valence-electron chi connectivity index (χ4n) is 2.69. The Morgan fingerprint density at radius 3 is 2.47 bits per heavy atom. The number of nitrogens with zero attached hydrogens (tertiary/aromatic N) is 3. The highest BCUT2D eigenvalue weighted by Crippen LogP contribution is 2.29. The third-order valence-corrected chi connectivity index (χ3v) is 5.33. The van der Waals surface area contributed by atoms with Crippen molar-refractivity contribution in [3.05, 3.63) is 15.9 Å². The van der Waals surface area contributed by atoms with Gasteiger partial charge in [-0.1, -0.05) is 6.92 Å². The minimum atomic E-state index is 0.437. The Hall–Kier alpha value is -0.390. The maximum atomic E-state index is 4.43. The van der Waals surface area contributed by atoms with Gasteiger partial charge in [-0.05, 0) is 61.2 Å². The minimum Gasteiger partial charge on any atom is -0.311 e. The van der Waals surface area contributed by atoms with Crippen LogP contribution in [0.4, 0.5) is 0 Å². The molecule has 0 amide bonds. The maximum Gasteiger partial charge on any atom is 0.0739 e. The molecule has 1 aromatic rings. The number of aromatic nitrogens is 2. The molecule has 0 spiro atoms. The number of piperidine rings is 1. The summed E-state index contributed by atoms with van der Waals surface area (Å²) < 4.78 is 3.10. The molecule has 1 saturated heterocycles. The summed E-state index contributed by atoms with van der Waals surface area (Å²) in [6, 6.07) is 0. The van der Waals surface area contributed by atoms with E-state index in [4.69, 9.17) is 0 Å². The van der Waals surface area contributed by atoms with Gasteiger partial charge in [-0.25, -0.2) is 0 Å². The zero-order valence-electron chi connectivity index (χ0n) is 12.5. The van der Waals surface area contributed by atoms with E-state index in [-0.39, 0.29) is 0 Å². The first-order valence-corrected chi connectivity index (χ1v) is 7.78. The number of rotatable bonds is 4. The van der Waals surface area contributed by atoms with Gasteiger partial charge in [0.25, 0.3) is 0 Å². The minimum absolute atomic E-state index is 0.437. The van der Waals surface area contributed by atoms with Crippen LogP contribution < -0.4 is 5.32 Å². The van der Waals surface area contributed by atoms with E-state index in [9.17, 15) is 0 Å². The van der Waals surface area contributed by atoms with Crippen LogP contribution in [-0.2, 0) is 13.6 Å². The Kier molecular flexibility index (Phi) is 4.69. The molecule has 19 heavy (non-hydrogen) atoms. The molecule has 0 aromatic carbocycles. The molecule has 108 valence electrons. The molecule has 0 bridgehead atoms. The summed E-state index contributed by atoms with van der Waals surface area (Å²) in [7, 11) is 4.22. The molecule has 1 N–H and O–H groups in total. The Bertz CT molecular complexity index is 433. The third-order valence-electron chi connectivity index (χ3n) is 4.30. The first-order valence-electron chi connectivity index (χ1n) is 6.98. The van der Waals surface area contributed by atoms with Crippen molar-refractivity contribution in [2.24, 2.45) is 12.5 Å². The normalized spacial score (nSPS) is 19.8. The zero-order chi connectivity index (χ0) is 14.0. The highest BCUT2D eigenvalue weighted by atomic mass is 79.9. The second-order valence-electron chi connectivity index (χ2n) is 6.19. The summed E-state index contributed by atoms with van der Waals surface area (Å²) >= 11 is 3.62. The average Bonchev–Trinajstić information content (AvgIpc) is 2.60. The quantitative estimate of drug-likeness (QED) is 0.920. The molecule has 5 heteroatoms. The van der Waals surface area contributed by atoms with Crippen molar-refractivity contribution >= 4 is 15.9 Å². The lowest BCUT2D eigenvalue weighted by molar-refractivity contribution is 0.136. The molecule has 4 nitrogen and oxygen atoms in total. The maximum absolute atomic E-state index is 4.43. The molecule has 0 radical (unpaired) electrons. The van der Waals surface area contributed by atoms with Gasteiger partial charge < -0.3 is 10.2 Å². The fourth-order valence-corrected chi connectivity index (χ4v) is 3.17. The highest BCUT2D eigenvalue weighted by Gasteiger charge is 2.28. The first kappa shape index (κ1) is 15.0. The monoisotopic (exact) mass is 328 g/mol. The van der Waals surface area contributed by atoms with Crippen molar-refractivity contribution in [1.82, 2.24) is 20.0 Å². The van der Waals surface area contributed by atoms with Crippen LogP contribution in [0.3, 0.4) is 0 Å². The van der Waals surface area contributed by atoms with Gasteiger partial charge in [-0.15, -0.1) is 0 Å². The number of aryl methyl sites for hydroxylation is 2. The van der Waals surface area contributed by atoms with Crippen LogP contribution in [-0.4, -0.2) is 41.4 Å². The first-order chi connectivity index (χ1) is 8.91. The van der Waals surface area contributed by atoms with E-state index in [1.165, 1.54) is 31.6 Å². The summed E-state index contributed by atoms with van der Waals surface area (Å²) in [6.45, 7) is 8.82. The lowest BCUT2D eigenvalue weighted by atomic mass is 9.80. The molecule has 1 aliphatic rings. The van der Waals surface area contributed by atoms with E-state index in [0.717, 1.165) is 23.3 Å². The molecule has 1 fully saturated rings. The molecule has 1 aromatic heterocycles. The molecular weight excluding hydrogens is 304 g/mol. The lowest BCUT2D eigenvalue weighted by Gasteiger charge is -2.38. The van der Waals surface area contributed by atoms with E-state index in [1.54, 1.807) is 0 Å². The van der Waals surface area contributed by atoms with Gasteiger partial charge in [-0.3, -0.25) is 4.68 Å². The average molecular weight is 329 g/mol. The van der Waals surface area contributed by atoms with Gasteiger partial charge in [0, 0.05) is 20.1 Å². The van der Waals surface area contributed by atoms with Gasteiger partial charge in [0.1, 0.15) is 0 Å². The standard InChI is InChI=1S/C14H25BrN4/c1-11-13(15)12(19(4)17-11)9-16-10-14(2)5-7-18(3)8-6-14/h16H,5-10H2,1-4H3. The number of likely N-dealkylation sites (tertiary alicyclic amines) is 1. The molecule has 0 atom stereocenters. The largest absolute Gasteiger partial charge is 0.311 e. The van der Waals surface area contributed by atoms with Gasteiger partial charge in [-0.2, -0.15) is 5.10 Å². The van der Waals surface area contributed by atoms with E-state index in [0.29, 0.717) is 5.41 Å². The van der Waals surface area contributed by atoms with Crippen molar-refractivity contribution in [3.63, 3.8) is 0 Å². The van der Waals surface area contributed by atoms with Crippen LogP contribution in [0.2, 0.25) is 0 Å². The predicted octanol–water partition coefficient (Wildman–Crippen LogP) is 2.31. The van der Waals surface area contributed by atoms with Crippen molar-refractivity contribution in [2.75, 3.05) is 26.7 Å². The Morgan fingerprint density at radius 2 is 1.95 bits per heavy atom. The van der Waals surface area contributed by atoms with Crippen molar-refractivity contribution < 1.29 is 0 Å². The highest BCUT2D eigenvalue weighted by molar-refractivity contribution is 9.10. The summed E-state index contributed by atoms with van der Waals surface area (Å²) in [5.74, 6) is 0. The van der Waals surface area contributed by atoms with Crippen molar-refractivity contribution in [3.8, 4) is 0 Å². The van der Waals surface area contributed by atoms with E-state index < -0.39 is 0 Å². The Labute approximate surface area is 124 Å². The second kappa shape index (κ2) is 5.94. The Morgan fingerprint density at radius 1 is 1.32 bits per heavy atom. The Balaban J connectivity index is 1.86. The molecule has 2 rings (SSSR count).